The quantitative estimate of drug-likeness (QED) is 0.703. The van der Waals surface area contributed by atoms with Crippen molar-refractivity contribution in [3.63, 3.8) is 0 Å². The second kappa shape index (κ2) is 6.00. The fraction of sp³-hybridized carbons (Fsp3) is 0.579. The van der Waals surface area contributed by atoms with E-state index in [0.717, 1.165) is 0 Å². The zero-order valence-corrected chi connectivity index (χ0v) is 14.6. The first-order valence-corrected chi connectivity index (χ1v) is 10.7. The molecule has 0 N–H and O–H groups in total. The van der Waals surface area contributed by atoms with Crippen molar-refractivity contribution in [3.05, 3.63) is 42.2 Å². The van der Waals surface area contributed by atoms with E-state index in [9.17, 15) is 0 Å². The lowest BCUT2D eigenvalue weighted by Gasteiger charge is -2.39. The van der Waals surface area contributed by atoms with Gasteiger partial charge in [-0.05, 0) is 54.4 Å². The summed E-state index contributed by atoms with van der Waals surface area (Å²) in [5.74, 6) is 1.91. The molecule has 3 unspecified atom stereocenters. The van der Waals surface area contributed by atoms with Crippen molar-refractivity contribution in [2.24, 2.45) is 5.92 Å². The first kappa shape index (κ1) is 14.9. The molecule has 114 valence electrons. The Morgan fingerprint density at radius 1 is 0.952 bits per heavy atom. The third kappa shape index (κ3) is 2.59. The second-order valence-electron chi connectivity index (χ2n) is 7.08. The summed E-state index contributed by atoms with van der Waals surface area (Å²) in [4.78, 5) is 0. The molecule has 0 amide bonds. The summed E-state index contributed by atoms with van der Waals surface area (Å²) < 4.78 is 6.96. The zero-order valence-electron chi connectivity index (χ0n) is 13.6. The van der Waals surface area contributed by atoms with Crippen LogP contribution in [-0.4, -0.2) is 8.32 Å². The van der Waals surface area contributed by atoms with E-state index in [1.54, 1.807) is 0 Å². The molecule has 0 saturated carbocycles. The molecule has 1 heterocycles. The minimum Gasteiger partial charge on any atom is -0.542 e. The first-order chi connectivity index (χ1) is 10.1. The summed E-state index contributed by atoms with van der Waals surface area (Å²) >= 11 is 0. The maximum Gasteiger partial charge on any atom is 0.288 e. The van der Waals surface area contributed by atoms with Gasteiger partial charge in [0.1, 0.15) is 0 Å². The Bertz CT molecular complexity index is 498. The normalized spacial score (nSPS) is 36.3. The highest BCUT2D eigenvalue weighted by molar-refractivity contribution is 6.89. The lowest BCUT2D eigenvalue weighted by Crippen LogP contribution is -2.54. The third-order valence-corrected chi connectivity index (χ3v) is 11.0. The molecule has 21 heavy (non-hydrogen) atoms. The summed E-state index contributed by atoms with van der Waals surface area (Å²) in [6, 6.07) is 11.1. The van der Waals surface area contributed by atoms with E-state index >= 15 is 0 Å². The lowest BCUT2D eigenvalue weighted by atomic mass is 9.96. The monoisotopic (exact) mass is 300 g/mol. The molecule has 0 radical (unpaired) electrons. The molecule has 2 aliphatic rings. The molecule has 0 bridgehead atoms. The Hall–Kier alpha value is -1.02. The van der Waals surface area contributed by atoms with E-state index in [2.05, 4.69) is 57.2 Å². The van der Waals surface area contributed by atoms with E-state index < -0.39 is 8.32 Å². The molecule has 0 aromatic heterocycles. The summed E-state index contributed by atoms with van der Waals surface area (Å²) in [5, 5.41) is 1.50. The standard InChI is InChI=1S/C19H28OSi/c1-15-9-7-8-12-19(15)20-21(16(2)13-14-17(21)3)18-10-5-4-6-11-18/h4-6,10-12,15-17H,7-9,13-14H2,1-3H3. The predicted molar refractivity (Wildman–Crippen MR) is 92.1 cm³/mol. The molecular formula is C19H28OSi. The van der Waals surface area contributed by atoms with Crippen molar-refractivity contribution < 1.29 is 4.43 Å². The lowest BCUT2D eigenvalue weighted by molar-refractivity contribution is 0.315. The number of hydrogen-bond acceptors (Lipinski definition) is 1. The molecule has 1 aromatic rings. The Labute approximate surface area is 130 Å². The fourth-order valence-corrected chi connectivity index (χ4v) is 9.50. The number of allylic oxidation sites excluding steroid dienone is 2. The summed E-state index contributed by atoms with van der Waals surface area (Å²) in [6.07, 6.45) is 8.83. The average Bonchev–Trinajstić information content (AvgIpc) is 2.79. The predicted octanol–water partition coefficient (Wildman–Crippen LogP) is 5.13. The van der Waals surface area contributed by atoms with Gasteiger partial charge in [-0.3, -0.25) is 0 Å². The minimum atomic E-state index is -1.91. The van der Waals surface area contributed by atoms with E-state index in [-0.39, 0.29) is 0 Å². The van der Waals surface area contributed by atoms with E-state index in [0.29, 0.717) is 17.0 Å². The minimum absolute atomic E-state index is 0.604. The van der Waals surface area contributed by atoms with Gasteiger partial charge in [0.2, 0.25) is 0 Å². The van der Waals surface area contributed by atoms with Gasteiger partial charge in [-0.15, -0.1) is 0 Å². The number of rotatable bonds is 3. The van der Waals surface area contributed by atoms with Gasteiger partial charge in [0.15, 0.2) is 0 Å². The van der Waals surface area contributed by atoms with Crippen molar-refractivity contribution in [3.8, 4) is 0 Å². The number of hydrogen-bond donors (Lipinski definition) is 0. The maximum atomic E-state index is 6.96. The van der Waals surface area contributed by atoms with Crippen LogP contribution in [0.5, 0.6) is 0 Å². The summed E-state index contributed by atoms with van der Waals surface area (Å²) in [5.41, 5.74) is 1.43. The van der Waals surface area contributed by atoms with Gasteiger partial charge in [-0.25, -0.2) is 0 Å². The van der Waals surface area contributed by atoms with Crippen LogP contribution < -0.4 is 5.19 Å². The van der Waals surface area contributed by atoms with Gasteiger partial charge >= 0.3 is 0 Å². The van der Waals surface area contributed by atoms with Gasteiger partial charge < -0.3 is 4.43 Å². The van der Waals surface area contributed by atoms with Crippen LogP contribution >= 0.6 is 0 Å². The van der Waals surface area contributed by atoms with Crippen molar-refractivity contribution in [1.29, 1.82) is 0 Å². The molecule has 1 nitrogen and oxygen atoms in total. The van der Waals surface area contributed by atoms with Crippen LogP contribution in [0.15, 0.2) is 42.2 Å². The Balaban J connectivity index is 1.99. The highest BCUT2D eigenvalue weighted by Crippen LogP contribution is 2.48. The SMILES string of the molecule is CC1CCCC=C1O[Si]1(c2ccccc2)C(C)CCC1C. The van der Waals surface area contributed by atoms with Crippen LogP contribution in [0.25, 0.3) is 0 Å². The Kier molecular flexibility index (Phi) is 4.25. The van der Waals surface area contributed by atoms with E-state index in [4.69, 9.17) is 4.43 Å². The molecule has 1 aliphatic heterocycles. The molecule has 1 aliphatic carbocycles. The van der Waals surface area contributed by atoms with Crippen LogP contribution in [0, 0.1) is 5.92 Å². The molecular weight excluding hydrogens is 272 g/mol. The largest absolute Gasteiger partial charge is 0.542 e. The van der Waals surface area contributed by atoms with Crippen LogP contribution in [0.1, 0.15) is 52.9 Å². The van der Waals surface area contributed by atoms with Crippen LogP contribution in [0.4, 0.5) is 0 Å². The summed E-state index contributed by atoms with van der Waals surface area (Å²) in [7, 11) is -1.91. The van der Waals surface area contributed by atoms with Gasteiger partial charge in [-0.2, -0.15) is 0 Å². The van der Waals surface area contributed by atoms with Crippen molar-refractivity contribution in [2.75, 3.05) is 0 Å². The van der Waals surface area contributed by atoms with Gasteiger partial charge in [0.05, 0.1) is 5.76 Å². The van der Waals surface area contributed by atoms with Gasteiger partial charge in [-0.1, -0.05) is 51.1 Å². The van der Waals surface area contributed by atoms with Crippen LogP contribution in [0.3, 0.4) is 0 Å². The average molecular weight is 301 g/mol. The highest BCUT2D eigenvalue weighted by Gasteiger charge is 2.54. The maximum absolute atomic E-state index is 6.96. The van der Waals surface area contributed by atoms with Crippen molar-refractivity contribution in [1.82, 2.24) is 0 Å². The molecule has 3 rings (SSSR count). The molecule has 0 spiro atoms. The summed E-state index contributed by atoms with van der Waals surface area (Å²) in [6.45, 7) is 7.19. The molecule has 1 aromatic carbocycles. The van der Waals surface area contributed by atoms with Crippen LogP contribution in [-0.2, 0) is 4.43 Å². The molecule has 1 saturated heterocycles. The van der Waals surface area contributed by atoms with Crippen LogP contribution in [0.2, 0.25) is 11.1 Å². The van der Waals surface area contributed by atoms with E-state index in [1.165, 1.54) is 43.0 Å². The number of benzene rings is 1. The van der Waals surface area contributed by atoms with Crippen molar-refractivity contribution >= 4 is 13.5 Å². The van der Waals surface area contributed by atoms with E-state index in [1.807, 2.05) is 0 Å². The smallest absolute Gasteiger partial charge is 0.288 e. The topological polar surface area (TPSA) is 9.23 Å². The van der Waals surface area contributed by atoms with Crippen molar-refractivity contribution in [2.45, 2.75) is 64.0 Å². The molecule has 2 heteroatoms. The first-order valence-electron chi connectivity index (χ1n) is 8.59. The van der Waals surface area contributed by atoms with Gasteiger partial charge in [0, 0.05) is 5.92 Å². The molecule has 1 fully saturated rings. The Morgan fingerprint density at radius 2 is 1.62 bits per heavy atom. The Morgan fingerprint density at radius 3 is 2.24 bits per heavy atom. The fourth-order valence-electron chi connectivity index (χ4n) is 4.29. The highest BCUT2D eigenvalue weighted by atomic mass is 28.4. The molecule has 3 atom stereocenters. The second-order valence-corrected chi connectivity index (χ2v) is 11.4. The van der Waals surface area contributed by atoms with Gasteiger partial charge in [0.25, 0.3) is 8.32 Å². The third-order valence-electron chi connectivity index (χ3n) is 5.68. The zero-order chi connectivity index (χ0) is 14.9.